The summed E-state index contributed by atoms with van der Waals surface area (Å²) in [7, 11) is 0. The fourth-order valence-electron chi connectivity index (χ4n) is 3.24. The maximum atomic E-state index is 10.1. The Hall–Kier alpha value is -3.73. The summed E-state index contributed by atoms with van der Waals surface area (Å²) in [4.78, 5) is 12.9. The van der Waals surface area contributed by atoms with Crippen LogP contribution in [0.3, 0.4) is 0 Å². The van der Waals surface area contributed by atoms with Crippen molar-refractivity contribution in [3.05, 3.63) is 89.5 Å². The molecule has 0 bridgehead atoms. The van der Waals surface area contributed by atoms with Crippen molar-refractivity contribution >= 4 is 0 Å². The van der Waals surface area contributed by atoms with Crippen molar-refractivity contribution in [1.29, 1.82) is 0 Å². The van der Waals surface area contributed by atoms with Gasteiger partial charge >= 0.3 is 6.01 Å². The molecule has 144 valence electrons. The standard InChI is InChI=1S/C24H21N3O2/c1-16-8-6-9-17(2)21(16)23-25-22(26-24(28)27-23)19-12-7-13-20(14-19)29-15-18-10-4-3-5-11-18/h3-14H,15H2,1-2H3,(H,25,26,27,28). The molecule has 0 atom stereocenters. The van der Waals surface area contributed by atoms with E-state index in [2.05, 4.69) is 15.0 Å². The molecule has 0 saturated heterocycles. The molecule has 1 N–H and O–H groups in total. The molecule has 0 saturated carbocycles. The van der Waals surface area contributed by atoms with Crippen molar-refractivity contribution in [2.45, 2.75) is 20.5 Å². The second-order valence-electron chi connectivity index (χ2n) is 6.85. The van der Waals surface area contributed by atoms with E-state index < -0.39 is 0 Å². The van der Waals surface area contributed by atoms with Crippen LogP contribution in [-0.4, -0.2) is 20.1 Å². The first kappa shape index (κ1) is 18.6. The van der Waals surface area contributed by atoms with Gasteiger partial charge in [0.1, 0.15) is 12.4 Å². The summed E-state index contributed by atoms with van der Waals surface area (Å²) >= 11 is 0. The fraction of sp³-hybridized carbons (Fsp3) is 0.125. The van der Waals surface area contributed by atoms with Gasteiger partial charge in [0.25, 0.3) is 0 Å². The average molecular weight is 383 g/mol. The molecule has 29 heavy (non-hydrogen) atoms. The van der Waals surface area contributed by atoms with E-state index in [1.807, 2.05) is 86.6 Å². The van der Waals surface area contributed by atoms with Gasteiger partial charge in [-0.15, -0.1) is 0 Å². The summed E-state index contributed by atoms with van der Waals surface area (Å²) in [6.45, 7) is 4.47. The number of nitrogens with zero attached hydrogens (tertiary/aromatic N) is 3. The Morgan fingerprint density at radius 2 is 1.45 bits per heavy atom. The highest BCUT2D eigenvalue weighted by atomic mass is 16.5. The van der Waals surface area contributed by atoms with E-state index in [0.717, 1.165) is 27.8 Å². The highest BCUT2D eigenvalue weighted by molar-refractivity contribution is 5.67. The Kier molecular flexibility index (Phi) is 5.20. The van der Waals surface area contributed by atoms with Crippen molar-refractivity contribution in [2.75, 3.05) is 0 Å². The van der Waals surface area contributed by atoms with Gasteiger partial charge in [0.15, 0.2) is 11.6 Å². The van der Waals surface area contributed by atoms with Gasteiger partial charge in [0, 0.05) is 11.1 Å². The lowest BCUT2D eigenvalue weighted by molar-refractivity contribution is 0.306. The van der Waals surface area contributed by atoms with E-state index in [1.165, 1.54) is 0 Å². The van der Waals surface area contributed by atoms with Gasteiger partial charge in [-0.05, 0) is 42.7 Å². The lowest BCUT2D eigenvalue weighted by Crippen LogP contribution is -2.00. The number of aryl methyl sites for hydroxylation is 2. The third-order valence-corrected chi connectivity index (χ3v) is 4.67. The van der Waals surface area contributed by atoms with Crippen LogP contribution in [0.1, 0.15) is 16.7 Å². The molecular formula is C24H21N3O2. The molecular weight excluding hydrogens is 362 g/mol. The number of benzene rings is 3. The van der Waals surface area contributed by atoms with Gasteiger partial charge < -0.3 is 9.84 Å². The number of hydrogen-bond acceptors (Lipinski definition) is 5. The molecule has 0 amide bonds. The molecule has 1 heterocycles. The second kappa shape index (κ2) is 8.10. The first-order chi connectivity index (χ1) is 14.1. The number of rotatable bonds is 5. The van der Waals surface area contributed by atoms with Crippen LogP contribution in [-0.2, 0) is 6.61 Å². The minimum absolute atomic E-state index is 0.303. The number of aromatic hydroxyl groups is 1. The van der Waals surface area contributed by atoms with E-state index in [-0.39, 0.29) is 6.01 Å². The molecule has 4 rings (SSSR count). The van der Waals surface area contributed by atoms with Crippen LogP contribution in [0.2, 0.25) is 0 Å². The van der Waals surface area contributed by atoms with Crippen LogP contribution in [0.4, 0.5) is 0 Å². The molecule has 0 aliphatic carbocycles. The summed E-state index contributed by atoms with van der Waals surface area (Å²) in [5.41, 5.74) is 4.83. The average Bonchev–Trinajstić information content (AvgIpc) is 2.73. The molecule has 0 radical (unpaired) electrons. The molecule has 4 aromatic rings. The van der Waals surface area contributed by atoms with Crippen LogP contribution in [0.15, 0.2) is 72.8 Å². The fourth-order valence-corrected chi connectivity index (χ4v) is 3.24. The molecule has 0 spiro atoms. The van der Waals surface area contributed by atoms with Crippen LogP contribution < -0.4 is 4.74 Å². The monoisotopic (exact) mass is 383 g/mol. The number of ether oxygens (including phenoxy) is 1. The maximum Gasteiger partial charge on any atom is 0.318 e. The lowest BCUT2D eigenvalue weighted by Gasteiger charge is -2.11. The molecule has 5 heteroatoms. The first-order valence-corrected chi connectivity index (χ1v) is 9.39. The van der Waals surface area contributed by atoms with Crippen molar-refractivity contribution in [3.63, 3.8) is 0 Å². The normalized spacial score (nSPS) is 10.7. The molecule has 0 aliphatic rings. The largest absolute Gasteiger partial charge is 0.489 e. The zero-order valence-electron chi connectivity index (χ0n) is 16.3. The summed E-state index contributed by atoms with van der Waals surface area (Å²) in [6.07, 6.45) is 0. The summed E-state index contributed by atoms with van der Waals surface area (Å²) in [5.74, 6) is 1.57. The van der Waals surface area contributed by atoms with Crippen LogP contribution in [0.25, 0.3) is 22.8 Å². The number of hydrogen-bond donors (Lipinski definition) is 1. The van der Waals surface area contributed by atoms with Crippen LogP contribution >= 0.6 is 0 Å². The summed E-state index contributed by atoms with van der Waals surface area (Å²) in [6, 6.07) is 23.2. The first-order valence-electron chi connectivity index (χ1n) is 9.39. The Morgan fingerprint density at radius 3 is 2.21 bits per heavy atom. The topological polar surface area (TPSA) is 68.1 Å². The van der Waals surface area contributed by atoms with E-state index in [9.17, 15) is 5.11 Å². The molecule has 0 unspecified atom stereocenters. The molecule has 1 aromatic heterocycles. The van der Waals surface area contributed by atoms with Crippen LogP contribution in [0.5, 0.6) is 11.8 Å². The van der Waals surface area contributed by atoms with Gasteiger partial charge in [0.2, 0.25) is 0 Å². The SMILES string of the molecule is Cc1cccc(C)c1-c1nc(O)nc(-c2cccc(OCc3ccccc3)c2)n1. The van der Waals surface area contributed by atoms with E-state index in [4.69, 9.17) is 4.74 Å². The van der Waals surface area contributed by atoms with Gasteiger partial charge in [-0.2, -0.15) is 9.97 Å². The molecule has 3 aromatic carbocycles. The third-order valence-electron chi connectivity index (χ3n) is 4.67. The van der Waals surface area contributed by atoms with E-state index in [1.54, 1.807) is 0 Å². The smallest absolute Gasteiger partial charge is 0.318 e. The van der Waals surface area contributed by atoms with Gasteiger partial charge in [-0.1, -0.05) is 60.7 Å². The Morgan fingerprint density at radius 1 is 0.759 bits per heavy atom. The quantitative estimate of drug-likeness (QED) is 0.519. The lowest BCUT2D eigenvalue weighted by atomic mass is 10.0. The highest BCUT2D eigenvalue weighted by Crippen LogP contribution is 2.28. The molecule has 0 fully saturated rings. The molecule has 0 aliphatic heterocycles. The zero-order chi connectivity index (χ0) is 20.2. The van der Waals surface area contributed by atoms with Crippen LogP contribution in [0, 0.1) is 13.8 Å². The van der Waals surface area contributed by atoms with Crippen molar-refractivity contribution in [3.8, 4) is 34.5 Å². The Balaban J connectivity index is 1.66. The van der Waals surface area contributed by atoms with Gasteiger partial charge in [0.05, 0.1) is 0 Å². The number of aromatic nitrogens is 3. The Labute approximate surface area is 169 Å². The summed E-state index contributed by atoms with van der Waals surface area (Å²) in [5, 5.41) is 10.1. The van der Waals surface area contributed by atoms with Gasteiger partial charge in [-0.3, -0.25) is 0 Å². The van der Waals surface area contributed by atoms with Gasteiger partial charge in [-0.25, -0.2) is 4.98 Å². The predicted molar refractivity (Wildman–Crippen MR) is 113 cm³/mol. The van der Waals surface area contributed by atoms with Crippen molar-refractivity contribution in [2.24, 2.45) is 0 Å². The molecule has 5 nitrogen and oxygen atoms in total. The van der Waals surface area contributed by atoms with Crippen molar-refractivity contribution < 1.29 is 9.84 Å². The minimum Gasteiger partial charge on any atom is -0.489 e. The van der Waals surface area contributed by atoms with E-state index in [0.29, 0.717) is 24.0 Å². The second-order valence-corrected chi connectivity index (χ2v) is 6.85. The third kappa shape index (κ3) is 4.24. The van der Waals surface area contributed by atoms with Crippen molar-refractivity contribution in [1.82, 2.24) is 15.0 Å². The maximum absolute atomic E-state index is 10.1. The summed E-state index contributed by atoms with van der Waals surface area (Å²) < 4.78 is 5.90. The predicted octanol–water partition coefficient (Wildman–Crippen LogP) is 5.11. The van der Waals surface area contributed by atoms with E-state index >= 15 is 0 Å². The Bertz CT molecular complexity index is 1120. The minimum atomic E-state index is -0.303. The highest BCUT2D eigenvalue weighted by Gasteiger charge is 2.14. The zero-order valence-corrected chi connectivity index (χ0v) is 16.3.